The maximum atomic E-state index is 5.66. The third-order valence-electron chi connectivity index (χ3n) is 2.42. The van der Waals surface area contributed by atoms with E-state index in [1.807, 2.05) is 0 Å². The van der Waals surface area contributed by atoms with Crippen molar-refractivity contribution in [1.82, 2.24) is 0 Å². The van der Waals surface area contributed by atoms with E-state index in [1.165, 1.54) is 11.8 Å². The van der Waals surface area contributed by atoms with Gasteiger partial charge in [0.2, 0.25) is 0 Å². The highest BCUT2D eigenvalue weighted by Crippen LogP contribution is 2.42. The Balaban J connectivity index is 2.38. The van der Waals surface area contributed by atoms with Gasteiger partial charge in [-0.15, -0.1) is 0 Å². The van der Waals surface area contributed by atoms with Crippen molar-refractivity contribution >= 4 is 16.9 Å². The molecule has 0 aromatic heterocycles. The van der Waals surface area contributed by atoms with Crippen LogP contribution in [0.25, 0.3) is 0 Å². The van der Waals surface area contributed by atoms with E-state index in [0.717, 1.165) is 11.5 Å². The SMILES string of the molecule is C=C1SC(N)=NC2(C)COCC12. The molecule has 0 spiro atoms. The summed E-state index contributed by atoms with van der Waals surface area (Å²) in [5.41, 5.74) is 5.52. The highest BCUT2D eigenvalue weighted by molar-refractivity contribution is 8.17. The van der Waals surface area contributed by atoms with Gasteiger partial charge in [-0.3, -0.25) is 4.99 Å². The van der Waals surface area contributed by atoms with Gasteiger partial charge < -0.3 is 10.5 Å². The topological polar surface area (TPSA) is 47.6 Å². The summed E-state index contributed by atoms with van der Waals surface area (Å²) in [4.78, 5) is 5.48. The van der Waals surface area contributed by atoms with E-state index < -0.39 is 0 Å². The molecule has 2 unspecified atom stereocenters. The predicted molar refractivity (Wildman–Crippen MR) is 51.1 cm³/mol. The number of thioether (sulfide) groups is 1. The van der Waals surface area contributed by atoms with E-state index in [0.29, 0.717) is 17.7 Å². The van der Waals surface area contributed by atoms with Gasteiger partial charge in [0.05, 0.1) is 18.8 Å². The number of hydrogen-bond acceptors (Lipinski definition) is 4. The Labute approximate surface area is 76.1 Å². The molecule has 0 aliphatic carbocycles. The Hall–Kier alpha value is -0.480. The van der Waals surface area contributed by atoms with Gasteiger partial charge in [0.15, 0.2) is 5.17 Å². The van der Waals surface area contributed by atoms with Crippen LogP contribution in [0.2, 0.25) is 0 Å². The zero-order valence-electron chi connectivity index (χ0n) is 7.04. The highest BCUT2D eigenvalue weighted by atomic mass is 32.2. The Bertz CT molecular complexity index is 264. The van der Waals surface area contributed by atoms with Crippen molar-refractivity contribution < 1.29 is 4.74 Å². The molecule has 66 valence electrons. The summed E-state index contributed by atoms with van der Waals surface area (Å²) in [7, 11) is 0. The monoisotopic (exact) mass is 184 g/mol. The van der Waals surface area contributed by atoms with Crippen LogP contribution in [0.4, 0.5) is 0 Å². The van der Waals surface area contributed by atoms with Crippen molar-refractivity contribution in [3.05, 3.63) is 11.5 Å². The predicted octanol–water partition coefficient (Wildman–Crippen LogP) is 0.967. The minimum absolute atomic E-state index is 0.146. The van der Waals surface area contributed by atoms with Crippen LogP contribution in [0.5, 0.6) is 0 Å². The van der Waals surface area contributed by atoms with Crippen LogP contribution < -0.4 is 5.73 Å². The molecular formula is C8H12N2OS. The normalized spacial score (nSPS) is 40.9. The van der Waals surface area contributed by atoms with Crippen LogP contribution in [0.1, 0.15) is 6.92 Å². The molecule has 0 aromatic carbocycles. The maximum absolute atomic E-state index is 5.66. The lowest BCUT2D eigenvalue weighted by atomic mass is 9.89. The molecule has 0 aromatic rings. The molecule has 2 N–H and O–H groups in total. The number of fused-ring (bicyclic) bond motifs is 1. The second-order valence-corrected chi connectivity index (χ2v) is 4.59. The van der Waals surface area contributed by atoms with E-state index in [2.05, 4.69) is 18.5 Å². The second kappa shape index (κ2) is 2.50. The first kappa shape index (κ1) is 8.13. The molecule has 1 fully saturated rings. The van der Waals surface area contributed by atoms with Crippen molar-refractivity contribution in [2.75, 3.05) is 13.2 Å². The zero-order valence-corrected chi connectivity index (χ0v) is 7.86. The van der Waals surface area contributed by atoms with Gasteiger partial charge >= 0.3 is 0 Å². The van der Waals surface area contributed by atoms with E-state index in [4.69, 9.17) is 10.5 Å². The third kappa shape index (κ3) is 1.06. The summed E-state index contributed by atoms with van der Waals surface area (Å²) in [5, 5.41) is 0.615. The average molecular weight is 184 g/mol. The fourth-order valence-corrected chi connectivity index (χ4v) is 2.68. The van der Waals surface area contributed by atoms with Crippen molar-refractivity contribution in [2.24, 2.45) is 16.6 Å². The quantitative estimate of drug-likeness (QED) is 0.610. The van der Waals surface area contributed by atoms with E-state index in [-0.39, 0.29) is 5.54 Å². The van der Waals surface area contributed by atoms with Gasteiger partial charge in [-0.25, -0.2) is 0 Å². The maximum Gasteiger partial charge on any atom is 0.159 e. The van der Waals surface area contributed by atoms with Crippen LogP contribution in [-0.4, -0.2) is 23.9 Å². The summed E-state index contributed by atoms with van der Waals surface area (Å²) < 4.78 is 5.38. The molecule has 0 radical (unpaired) electrons. The molecule has 0 bridgehead atoms. The number of amidine groups is 1. The first-order valence-electron chi connectivity index (χ1n) is 3.91. The third-order valence-corrected chi connectivity index (χ3v) is 3.27. The molecule has 12 heavy (non-hydrogen) atoms. The van der Waals surface area contributed by atoms with Crippen LogP contribution in [0.15, 0.2) is 16.5 Å². The summed E-state index contributed by atoms with van der Waals surface area (Å²) >= 11 is 1.47. The molecular weight excluding hydrogens is 172 g/mol. The molecule has 0 amide bonds. The second-order valence-electron chi connectivity index (χ2n) is 3.44. The highest BCUT2D eigenvalue weighted by Gasteiger charge is 2.44. The van der Waals surface area contributed by atoms with Gasteiger partial charge in [-0.2, -0.15) is 0 Å². The molecule has 3 nitrogen and oxygen atoms in total. The zero-order chi connectivity index (χ0) is 8.77. The van der Waals surface area contributed by atoms with Crippen LogP contribution >= 0.6 is 11.8 Å². The Morgan fingerprint density at radius 2 is 2.58 bits per heavy atom. The fourth-order valence-electron chi connectivity index (χ4n) is 1.69. The standard InChI is InChI=1S/C8H12N2OS/c1-5-6-3-11-4-8(6,2)10-7(9)12-5/h6H,1,3-4H2,2H3,(H2,9,10). The van der Waals surface area contributed by atoms with E-state index >= 15 is 0 Å². The van der Waals surface area contributed by atoms with E-state index in [1.54, 1.807) is 0 Å². The molecule has 4 heteroatoms. The minimum atomic E-state index is -0.146. The van der Waals surface area contributed by atoms with Crippen LogP contribution in [0, 0.1) is 5.92 Å². The summed E-state index contributed by atoms with van der Waals surface area (Å²) in [6.45, 7) is 7.45. The molecule has 0 saturated carbocycles. The lowest BCUT2D eigenvalue weighted by Crippen LogP contribution is -2.37. The van der Waals surface area contributed by atoms with Gasteiger partial charge in [0, 0.05) is 5.92 Å². The van der Waals surface area contributed by atoms with Crippen LogP contribution in [0.3, 0.4) is 0 Å². The number of nitrogens with zero attached hydrogens (tertiary/aromatic N) is 1. The number of aliphatic imine (C=N–C) groups is 1. The smallest absolute Gasteiger partial charge is 0.159 e. The van der Waals surface area contributed by atoms with Crippen molar-refractivity contribution in [1.29, 1.82) is 0 Å². The molecule has 1 saturated heterocycles. The van der Waals surface area contributed by atoms with Gasteiger partial charge in [0.25, 0.3) is 0 Å². The first-order chi connectivity index (χ1) is 5.62. The largest absolute Gasteiger partial charge is 0.378 e. The van der Waals surface area contributed by atoms with Gasteiger partial charge in [0.1, 0.15) is 0 Å². The molecule has 2 rings (SSSR count). The molecule has 2 aliphatic heterocycles. The van der Waals surface area contributed by atoms with Crippen molar-refractivity contribution in [2.45, 2.75) is 12.5 Å². The first-order valence-corrected chi connectivity index (χ1v) is 4.73. The Morgan fingerprint density at radius 1 is 1.83 bits per heavy atom. The summed E-state index contributed by atoms with van der Waals surface area (Å²) in [5.74, 6) is 0.342. The van der Waals surface area contributed by atoms with Gasteiger partial charge in [-0.1, -0.05) is 18.3 Å². The number of ether oxygens (including phenoxy) is 1. The number of nitrogens with two attached hydrogens (primary N) is 1. The number of rotatable bonds is 0. The molecule has 2 heterocycles. The molecule has 2 atom stereocenters. The average Bonchev–Trinajstić information content (AvgIpc) is 2.29. The van der Waals surface area contributed by atoms with Crippen molar-refractivity contribution in [3.8, 4) is 0 Å². The van der Waals surface area contributed by atoms with Gasteiger partial charge in [-0.05, 0) is 11.8 Å². The summed E-state index contributed by atoms with van der Waals surface area (Å²) in [6, 6.07) is 0. The lowest BCUT2D eigenvalue weighted by molar-refractivity contribution is 0.180. The summed E-state index contributed by atoms with van der Waals surface area (Å²) in [6.07, 6.45) is 0. The Morgan fingerprint density at radius 3 is 3.33 bits per heavy atom. The Kier molecular flexibility index (Phi) is 1.70. The molecule has 2 aliphatic rings. The number of hydrogen-bond donors (Lipinski definition) is 1. The van der Waals surface area contributed by atoms with Crippen LogP contribution in [-0.2, 0) is 4.74 Å². The fraction of sp³-hybridized carbons (Fsp3) is 0.625. The lowest BCUT2D eigenvalue weighted by Gasteiger charge is -2.30. The van der Waals surface area contributed by atoms with E-state index in [9.17, 15) is 0 Å². The minimum Gasteiger partial charge on any atom is -0.378 e. The van der Waals surface area contributed by atoms with Crippen molar-refractivity contribution in [3.63, 3.8) is 0 Å².